The molecule has 1 amide bonds. The molecule has 8 heteroatoms. The van der Waals surface area contributed by atoms with Gasteiger partial charge in [-0.05, 0) is 25.8 Å². The van der Waals surface area contributed by atoms with E-state index >= 15 is 0 Å². The molecule has 140 valence electrons. The standard InChI is InChI=1S/C17H27N3O3S2/c1-2-20(14-6-4-3-5-7-14)17(21)16-12-15(13-18-16)25(22,23)19-8-10-24-11-9-19/h12-14,18H,2-11H2,1H3. The second-order valence-corrected chi connectivity index (χ2v) is 9.81. The van der Waals surface area contributed by atoms with E-state index in [4.69, 9.17) is 0 Å². The molecule has 1 saturated heterocycles. The topological polar surface area (TPSA) is 73.5 Å². The fraction of sp³-hybridized carbons (Fsp3) is 0.706. The average molecular weight is 386 g/mol. The highest BCUT2D eigenvalue weighted by molar-refractivity contribution is 7.99. The van der Waals surface area contributed by atoms with Crippen molar-refractivity contribution in [1.29, 1.82) is 0 Å². The second-order valence-electron chi connectivity index (χ2n) is 6.65. The van der Waals surface area contributed by atoms with Crippen LogP contribution in [-0.4, -0.2) is 65.7 Å². The average Bonchev–Trinajstić information content (AvgIpc) is 3.15. The molecule has 1 aliphatic carbocycles. The first-order chi connectivity index (χ1) is 12.0. The predicted molar refractivity (Wildman–Crippen MR) is 100 cm³/mol. The van der Waals surface area contributed by atoms with E-state index in [2.05, 4.69) is 4.98 Å². The number of sulfonamides is 1. The number of hydrogen-bond donors (Lipinski definition) is 1. The van der Waals surface area contributed by atoms with Crippen LogP contribution in [0.1, 0.15) is 49.5 Å². The zero-order valence-corrected chi connectivity index (χ0v) is 16.4. The number of nitrogens with one attached hydrogen (secondary N) is 1. The molecule has 2 fully saturated rings. The van der Waals surface area contributed by atoms with Crippen molar-refractivity contribution < 1.29 is 13.2 Å². The number of aromatic amines is 1. The molecule has 0 spiro atoms. The SMILES string of the molecule is CCN(C(=O)c1cc(S(=O)(=O)N2CCSCC2)c[nH]1)C1CCCCC1. The van der Waals surface area contributed by atoms with Gasteiger partial charge in [0.05, 0.1) is 0 Å². The lowest BCUT2D eigenvalue weighted by molar-refractivity contribution is 0.0642. The number of nitrogens with zero attached hydrogens (tertiary/aromatic N) is 2. The van der Waals surface area contributed by atoms with Gasteiger partial charge in [0.15, 0.2) is 0 Å². The van der Waals surface area contributed by atoms with E-state index in [1.807, 2.05) is 11.8 Å². The molecule has 1 aromatic rings. The van der Waals surface area contributed by atoms with Crippen molar-refractivity contribution in [2.45, 2.75) is 50.0 Å². The minimum Gasteiger partial charge on any atom is -0.356 e. The summed E-state index contributed by atoms with van der Waals surface area (Å²) in [6.45, 7) is 3.70. The molecule has 0 radical (unpaired) electrons. The van der Waals surface area contributed by atoms with Crippen molar-refractivity contribution in [3.8, 4) is 0 Å². The van der Waals surface area contributed by atoms with E-state index in [0.717, 1.165) is 37.2 Å². The highest BCUT2D eigenvalue weighted by atomic mass is 32.2. The van der Waals surface area contributed by atoms with Crippen LogP contribution in [0.3, 0.4) is 0 Å². The van der Waals surface area contributed by atoms with Crippen LogP contribution in [0, 0.1) is 0 Å². The van der Waals surface area contributed by atoms with Crippen LogP contribution in [0.2, 0.25) is 0 Å². The van der Waals surface area contributed by atoms with Gasteiger partial charge >= 0.3 is 0 Å². The summed E-state index contributed by atoms with van der Waals surface area (Å²) in [5.74, 6) is 1.55. The molecular formula is C17H27N3O3S2. The van der Waals surface area contributed by atoms with E-state index in [0.29, 0.717) is 25.3 Å². The van der Waals surface area contributed by atoms with Crippen molar-refractivity contribution in [2.75, 3.05) is 31.1 Å². The third-order valence-corrected chi connectivity index (χ3v) is 7.93. The summed E-state index contributed by atoms with van der Waals surface area (Å²) in [5, 5.41) is 0. The maximum absolute atomic E-state index is 12.9. The van der Waals surface area contributed by atoms with E-state index in [-0.39, 0.29) is 16.8 Å². The number of H-pyrrole nitrogens is 1. The third-order valence-electron chi connectivity index (χ3n) is 5.11. The van der Waals surface area contributed by atoms with Crippen LogP contribution in [0.25, 0.3) is 0 Å². The quantitative estimate of drug-likeness (QED) is 0.845. The minimum atomic E-state index is -3.51. The van der Waals surface area contributed by atoms with Crippen molar-refractivity contribution >= 4 is 27.7 Å². The van der Waals surface area contributed by atoms with Gasteiger partial charge < -0.3 is 9.88 Å². The van der Waals surface area contributed by atoms with Gasteiger partial charge in [0.25, 0.3) is 5.91 Å². The maximum Gasteiger partial charge on any atom is 0.270 e. The highest BCUT2D eigenvalue weighted by Crippen LogP contribution is 2.25. The molecule has 0 aromatic carbocycles. The molecule has 1 N–H and O–H groups in total. The Morgan fingerprint density at radius 1 is 1.28 bits per heavy atom. The molecule has 25 heavy (non-hydrogen) atoms. The molecule has 6 nitrogen and oxygen atoms in total. The van der Waals surface area contributed by atoms with Crippen LogP contribution in [0.15, 0.2) is 17.2 Å². The van der Waals surface area contributed by atoms with Gasteiger partial charge in [-0.3, -0.25) is 4.79 Å². The first-order valence-electron chi connectivity index (χ1n) is 9.11. The molecule has 0 atom stereocenters. The second kappa shape index (κ2) is 8.14. The number of thioether (sulfide) groups is 1. The van der Waals surface area contributed by atoms with Crippen molar-refractivity contribution in [3.63, 3.8) is 0 Å². The van der Waals surface area contributed by atoms with Crippen LogP contribution < -0.4 is 0 Å². The normalized spacial score (nSPS) is 20.5. The van der Waals surface area contributed by atoms with Crippen LogP contribution >= 0.6 is 11.8 Å². The predicted octanol–water partition coefficient (Wildman–Crippen LogP) is 2.55. The Bertz CT molecular complexity index is 690. The number of rotatable bonds is 5. The first kappa shape index (κ1) is 18.8. The van der Waals surface area contributed by atoms with E-state index in [1.54, 1.807) is 11.8 Å². The Morgan fingerprint density at radius 2 is 1.96 bits per heavy atom. The van der Waals surface area contributed by atoms with Crippen molar-refractivity contribution in [3.05, 3.63) is 18.0 Å². The summed E-state index contributed by atoms with van der Waals surface area (Å²) in [7, 11) is -3.51. The van der Waals surface area contributed by atoms with Gasteiger partial charge in [0.2, 0.25) is 10.0 Å². The summed E-state index contributed by atoms with van der Waals surface area (Å²) in [6.07, 6.45) is 7.09. The summed E-state index contributed by atoms with van der Waals surface area (Å²) < 4.78 is 27.0. The molecular weight excluding hydrogens is 358 g/mol. The van der Waals surface area contributed by atoms with Crippen molar-refractivity contribution in [1.82, 2.24) is 14.2 Å². The number of carbonyl (C=O) groups excluding carboxylic acids is 1. The summed E-state index contributed by atoms with van der Waals surface area (Å²) in [6, 6.07) is 1.78. The van der Waals surface area contributed by atoms with Gasteiger partial charge in [-0.1, -0.05) is 19.3 Å². The molecule has 2 aliphatic rings. The Kier molecular flexibility index (Phi) is 6.12. The van der Waals surface area contributed by atoms with Crippen LogP contribution in [0.5, 0.6) is 0 Å². The van der Waals surface area contributed by atoms with Crippen molar-refractivity contribution in [2.24, 2.45) is 0 Å². The van der Waals surface area contributed by atoms with Gasteiger partial charge in [-0.15, -0.1) is 0 Å². The summed E-state index contributed by atoms with van der Waals surface area (Å²) in [4.78, 5) is 17.9. The number of amides is 1. The lowest BCUT2D eigenvalue weighted by atomic mass is 9.94. The summed E-state index contributed by atoms with van der Waals surface area (Å²) in [5.41, 5.74) is 0.373. The first-order valence-corrected chi connectivity index (χ1v) is 11.7. The van der Waals surface area contributed by atoms with Crippen LogP contribution in [0.4, 0.5) is 0 Å². The summed E-state index contributed by atoms with van der Waals surface area (Å²) >= 11 is 1.77. The molecule has 2 heterocycles. The van der Waals surface area contributed by atoms with Gasteiger partial charge in [0, 0.05) is 43.4 Å². The number of aromatic nitrogens is 1. The zero-order chi connectivity index (χ0) is 17.9. The lowest BCUT2D eigenvalue weighted by Gasteiger charge is -2.33. The number of hydrogen-bond acceptors (Lipinski definition) is 4. The van der Waals surface area contributed by atoms with E-state index in [1.165, 1.54) is 23.0 Å². The molecule has 1 saturated carbocycles. The van der Waals surface area contributed by atoms with E-state index in [9.17, 15) is 13.2 Å². The third kappa shape index (κ3) is 4.06. The molecule has 0 unspecified atom stereocenters. The lowest BCUT2D eigenvalue weighted by Crippen LogP contribution is -2.41. The molecule has 1 aromatic heterocycles. The Balaban J connectivity index is 1.76. The maximum atomic E-state index is 12.9. The highest BCUT2D eigenvalue weighted by Gasteiger charge is 2.30. The fourth-order valence-electron chi connectivity index (χ4n) is 3.70. The fourth-order valence-corrected chi connectivity index (χ4v) is 6.27. The Morgan fingerprint density at radius 3 is 2.60 bits per heavy atom. The minimum absolute atomic E-state index is 0.0925. The van der Waals surface area contributed by atoms with Gasteiger partial charge in [-0.25, -0.2) is 8.42 Å². The Hall–Kier alpha value is -0.990. The zero-order valence-electron chi connectivity index (χ0n) is 14.7. The molecule has 3 rings (SSSR count). The Labute approximate surface area is 154 Å². The number of carbonyl (C=O) groups is 1. The monoisotopic (exact) mass is 385 g/mol. The smallest absolute Gasteiger partial charge is 0.270 e. The molecule has 0 bridgehead atoms. The van der Waals surface area contributed by atoms with Gasteiger partial charge in [-0.2, -0.15) is 16.1 Å². The largest absolute Gasteiger partial charge is 0.356 e. The van der Waals surface area contributed by atoms with Gasteiger partial charge in [0.1, 0.15) is 10.6 Å². The van der Waals surface area contributed by atoms with E-state index < -0.39 is 10.0 Å². The molecule has 1 aliphatic heterocycles. The van der Waals surface area contributed by atoms with Crippen LogP contribution in [-0.2, 0) is 10.0 Å².